The minimum Gasteiger partial charge on any atom is -0.466 e. The van der Waals surface area contributed by atoms with E-state index in [1.165, 1.54) is 0 Å². The van der Waals surface area contributed by atoms with Crippen LogP contribution in [0.15, 0.2) is 35.1 Å². The van der Waals surface area contributed by atoms with E-state index < -0.39 is 10.6 Å². The number of fused-ring (bicyclic) bond motifs is 1. The van der Waals surface area contributed by atoms with Gasteiger partial charge in [0.15, 0.2) is 0 Å². The Hall–Kier alpha value is -1.98. The summed E-state index contributed by atoms with van der Waals surface area (Å²) in [5, 5.41) is 5.12. The number of unbranched alkanes of at least 4 members (excludes halogenated alkanes) is 1. The number of hydrogen-bond acceptors (Lipinski definition) is 7. The number of rotatable bonds is 10. The first kappa shape index (κ1) is 27.1. The number of aromatic nitrogens is 3. The predicted molar refractivity (Wildman–Crippen MR) is 148 cm³/mol. The summed E-state index contributed by atoms with van der Waals surface area (Å²) in [5.74, 6) is 0.640. The molecule has 0 amide bonds. The van der Waals surface area contributed by atoms with Gasteiger partial charge in [0.25, 0.3) is 0 Å². The number of esters is 1. The van der Waals surface area contributed by atoms with Crippen LogP contribution < -0.4 is 0 Å². The lowest BCUT2D eigenvalue weighted by Crippen LogP contribution is -2.38. The van der Waals surface area contributed by atoms with Crippen molar-refractivity contribution in [2.75, 3.05) is 31.2 Å². The highest BCUT2D eigenvalue weighted by molar-refractivity contribution is 9.10. The first-order chi connectivity index (χ1) is 17.3. The van der Waals surface area contributed by atoms with Gasteiger partial charge in [0.2, 0.25) is 0 Å². The molecule has 0 aromatic carbocycles. The van der Waals surface area contributed by atoms with Crippen LogP contribution in [0.1, 0.15) is 50.1 Å². The number of ether oxygens (including phenoxy) is 1. The molecule has 0 aliphatic carbocycles. The molecular formula is C26H35BrN4O4S. The third-order valence-corrected chi connectivity index (χ3v) is 8.73. The molecule has 196 valence electrons. The number of carbonyl (C=O) groups is 1. The van der Waals surface area contributed by atoms with Crippen molar-refractivity contribution in [1.82, 2.24) is 19.5 Å². The molecule has 3 aromatic heterocycles. The summed E-state index contributed by atoms with van der Waals surface area (Å²) in [6, 6.07) is 6.34. The van der Waals surface area contributed by atoms with Crippen molar-refractivity contribution in [2.24, 2.45) is 0 Å². The van der Waals surface area contributed by atoms with E-state index in [1.807, 2.05) is 17.6 Å². The molecule has 4 heterocycles. The van der Waals surface area contributed by atoms with Gasteiger partial charge in [-0.1, -0.05) is 6.92 Å². The Balaban J connectivity index is 1.74. The van der Waals surface area contributed by atoms with Gasteiger partial charge in [-0.15, -0.1) is 0 Å². The quantitative estimate of drug-likeness (QED) is 0.240. The maximum atomic E-state index is 11.9. The van der Waals surface area contributed by atoms with Crippen molar-refractivity contribution >= 4 is 38.0 Å². The van der Waals surface area contributed by atoms with Gasteiger partial charge in [-0.25, -0.2) is 4.52 Å². The second-order valence-electron chi connectivity index (χ2n) is 9.17. The van der Waals surface area contributed by atoms with Crippen molar-refractivity contribution in [3.8, 4) is 11.1 Å². The van der Waals surface area contributed by atoms with Crippen molar-refractivity contribution in [3.05, 3.63) is 52.0 Å². The van der Waals surface area contributed by atoms with E-state index in [1.54, 1.807) is 6.20 Å². The third kappa shape index (κ3) is 6.47. The van der Waals surface area contributed by atoms with Gasteiger partial charge >= 0.3 is 5.97 Å². The topological polar surface area (TPSA) is 100 Å². The molecule has 10 heteroatoms. The molecule has 1 aliphatic rings. The zero-order valence-corrected chi connectivity index (χ0v) is 23.4. The van der Waals surface area contributed by atoms with Crippen LogP contribution >= 0.6 is 26.5 Å². The SMILES string of the molecule is CCOC(=O)CCCCc1c(CN2CCS(O)(O)CC2)nn2c(CC)ccc2c1-c1cncc(Br)c1. The normalized spacial score (nSPS) is 16.8. The van der Waals surface area contributed by atoms with Crippen LogP contribution in [-0.4, -0.2) is 65.8 Å². The van der Waals surface area contributed by atoms with Crippen LogP contribution in [0.3, 0.4) is 0 Å². The Morgan fingerprint density at radius 3 is 2.64 bits per heavy atom. The summed E-state index contributed by atoms with van der Waals surface area (Å²) in [6.07, 6.45) is 7.29. The van der Waals surface area contributed by atoms with Crippen molar-refractivity contribution in [1.29, 1.82) is 0 Å². The maximum absolute atomic E-state index is 11.9. The molecule has 0 saturated carbocycles. The van der Waals surface area contributed by atoms with Gasteiger partial charge in [-0.2, -0.15) is 15.7 Å². The molecule has 0 unspecified atom stereocenters. The average molecular weight is 580 g/mol. The molecule has 1 aliphatic heterocycles. The van der Waals surface area contributed by atoms with Crippen LogP contribution in [0.4, 0.5) is 0 Å². The Labute approximate surface area is 222 Å². The first-order valence-corrected chi connectivity index (χ1v) is 15.2. The Kier molecular flexibility index (Phi) is 9.05. The molecule has 2 N–H and O–H groups in total. The molecule has 0 atom stereocenters. The Morgan fingerprint density at radius 1 is 1.17 bits per heavy atom. The lowest BCUT2D eigenvalue weighted by atomic mass is 9.95. The van der Waals surface area contributed by atoms with Gasteiger partial charge in [0.05, 0.1) is 29.3 Å². The van der Waals surface area contributed by atoms with Gasteiger partial charge in [0.1, 0.15) is 0 Å². The van der Waals surface area contributed by atoms with E-state index in [0.717, 1.165) is 63.8 Å². The summed E-state index contributed by atoms with van der Waals surface area (Å²) in [7, 11) is -2.47. The van der Waals surface area contributed by atoms with Gasteiger partial charge in [-0.3, -0.25) is 23.8 Å². The van der Waals surface area contributed by atoms with E-state index >= 15 is 0 Å². The summed E-state index contributed by atoms with van der Waals surface area (Å²) < 4.78 is 28.2. The standard InChI is InChI=1S/C26H35BrN4O4S/c1-3-21-9-10-24-26(19-15-20(27)17-28-16-19)22(7-5-6-8-25(32)35-4-2)23(29-31(21)24)18-30-11-13-36(33,34)14-12-30/h9-10,15-17,33-34H,3-8,11-14,18H2,1-2H3. The fourth-order valence-corrected chi connectivity index (χ4v) is 6.40. The average Bonchev–Trinajstić information content (AvgIpc) is 3.25. The van der Waals surface area contributed by atoms with E-state index in [9.17, 15) is 13.9 Å². The molecule has 0 spiro atoms. The second kappa shape index (κ2) is 12.0. The number of aryl methyl sites for hydroxylation is 1. The minimum atomic E-state index is -2.47. The lowest BCUT2D eigenvalue weighted by Gasteiger charge is -2.41. The molecule has 3 aromatic rings. The summed E-state index contributed by atoms with van der Waals surface area (Å²) in [4.78, 5) is 18.6. The fourth-order valence-electron chi connectivity index (χ4n) is 4.73. The van der Waals surface area contributed by atoms with Gasteiger partial charge in [0, 0.05) is 59.7 Å². The van der Waals surface area contributed by atoms with E-state index in [0.29, 0.717) is 44.2 Å². The van der Waals surface area contributed by atoms with Crippen molar-refractivity contribution in [3.63, 3.8) is 0 Å². The summed E-state index contributed by atoms with van der Waals surface area (Å²) >= 11 is 3.58. The zero-order chi connectivity index (χ0) is 25.7. The molecule has 1 saturated heterocycles. The molecule has 4 rings (SSSR count). The number of halogens is 1. The summed E-state index contributed by atoms with van der Waals surface area (Å²) in [6.45, 7) is 6.24. The van der Waals surface area contributed by atoms with E-state index in [4.69, 9.17) is 9.84 Å². The molecule has 36 heavy (non-hydrogen) atoms. The van der Waals surface area contributed by atoms with Gasteiger partial charge < -0.3 is 4.74 Å². The highest BCUT2D eigenvalue weighted by atomic mass is 79.9. The highest BCUT2D eigenvalue weighted by Crippen LogP contribution is 2.41. The highest BCUT2D eigenvalue weighted by Gasteiger charge is 2.25. The van der Waals surface area contributed by atoms with Crippen molar-refractivity contribution in [2.45, 2.75) is 52.5 Å². The predicted octanol–water partition coefficient (Wildman–Crippen LogP) is 5.56. The molecule has 0 radical (unpaired) electrons. The summed E-state index contributed by atoms with van der Waals surface area (Å²) in [5.41, 5.74) is 6.46. The first-order valence-electron chi connectivity index (χ1n) is 12.6. The van der Waals surface area contributed by atoms with Crippen LogP contribution in [0.25, 0.3) is 16.6 Å². The Bertz CT molecular complexity index is 1210. The third-order valence-electron chi connectivity index (χ3n) is 6.62. The smallest absolute Gasteiger partial charge is 0.305 e. The lowest BCUT2D eigenvalue weighted by molar-refractivity contribution is -0.143. The van der Waals surface area contributed by atoms with Crippen molar-refractivity contribution < 1.29 is 18.6 Å². The largest absolute Gasteiger partial charge is 0.466 e. The number of nitrogens with zero attached hydrogens (tertiary/aromatic N) is 4. The minimum absolute atomic E-state index is 0.158. The number of carbonyl (C=O) groups excluding carboxylic acids is 1. The number of pyridine rings is 1. The van der Waals surface area contributed by atoms with Crippen LogP contribution in [0.5, 0.6) is 0 Å². The Morgan fingerprint density at radius 2 is 1.94 bits per heavy atom. The fraction of sp³-hybridized carbons (Fsp3) is 0.500. The molecule has 1 fully saturated rings. The molecule has 8 nitrogen and oxygen atoms in total. The van der Waals surface area contributed by atoms with Crippen LogP contribution in [0.2, 0.25) is 0 Å². The maximum Gasteiger partial charge on any atom is 0.305 e. The van der Waals surface area contributed by atoms with E-state index in [2.05, 4.69) is 50.9 Å². The van der Waals surface area contributed by atoms with Crippen LogP contribution in [-0.2, 0) is 28.9 Å². The second-order valence-corrected chi connectivity index (χ2v) is 12.5. The van der Waals surface area contributed by atoms with E-state index in [-0.39, 0.29) is 5.97 Å². The van der Waals surface area contributed by atoms with Crippen LogP contribution in [0, 0.1) is 0 Å². The monoisotopic (exact) mass is 578 g/mol. The van der Waals surface area contributed by atoms with Gasteiger partial charge in [-0.05, 0) is 72.3 Å². The molecule has 0 bridgehead atoms. The molecular weight excluding hydrogens is 544 g/mol. The zero-order valence-electron chi connectivity index (χ0n) is 21.0. The number of hydrogen-bond donors (Lipinski definition) is 2.